The Morgan fingerprint density at radius 2 is 1.30 bits per heavy atom. The summed E-state index contributed by atoms with van der Waals surface area (Å²) in [5.74, 6) is 1.07. The van der Waals surface area contributed by atoms with E-state index in [-0.39, 0.29) is 29.0 Å². The van der Waals surface area contributed by atoms with Crippen molar-refractivity contribution < 1.29 is 4.39 Å². The van der Waals surface area contributed by atoms with Crippen LogP contribution < -0.4 is 0 Å². The molecule has 3 unspecified atom stereocenters. The van der Waals surface area contributed by atoms with Gasteiger partial charge in [0.2, 0.25) is 0 Å². The minimum Gasteiger partial charge on any atom is -0.207 e. The van der Waals surface area contributed by atoms with E-state index in [1.807, 2.05) is 17.4 Å². The second-order valence-electron chi connectivity index (χ2n) is 19.5. The molecule has 1 fully saturated rings. The van der Waals surface area contributed by atoms with Crippen LogP contribution in [0.1, 0.15) is 133 Å². The number of thiophene rings is 1. The van der Waals surface area contributed by atoms with Gasteiger partial charge in [-0.2, -0.15) is 0 Å². The molecule has 0 N–H and O–H groups in total. The van der Waals surface area contributed by atoms with Crippen LogP contribution in [0.25, 0.3) is 42.1 Å². The summed E-state index contributed by atoms with van der Waals surface area (Å²) in [6.45, 7) is 7.27. The second kappa shape index (κ2) is 16.9. The molecule has 1 heterocycles. The summed E-state index contributed by atoms with van der Waals surface area (Å²) in [5, 5.41) is 5.43. The van der Waals surface area contributed by atoms with E-state index in [4.69, 9.17) is 0 Å². The number of fused-ring (bicyclic) bond motifs is 8. The quantitative estimate of drug-likeness (QED) is 0.122. The molecule has 11 rings (SSSR count). The zero-order chi connectivity index (χ0) is 43.4. The molecule has 0 aliphatic heterocycles. The topological polar surface area (TPSA) is 0 Å². The smallest absolute Gasteiger partial charge is 0.123 e. The molecule has 0 saturated heterocycles. The lowest BCUT2D eigenvalue weighted by Crippen LogP contribution is -2.17. The second-order valence-corrected chi connectivity index (χ2v) is 20.5. The maximum absolute atomic E-state index is 15.4. The van der Waals surface area contributed by atoms with Gasteiger partial charge >= 0.3 is 0 Å². The van der Waals surface area contributed by atoms with Crippen LogP contribution in [0.2, 0.25) is 0 Å². The molecule has 0 nitrogen and oxygen atoms in total. The largest absolute Gasteiger partial charge is 0.207 e. The fourth-order valence-electron chi connectivity index (χ4n) is 11.9. The molecule has 2 aliphatic rings. The van der Waals surface area contributed by atoms with Crippen molar-refractivity contribution in [3.63, 3.8) is 0 Å². The van der Waals surface area contributed by atoms with Crippen molar-refractivity contribution >= 4 is 42.3 Å². The standard InChI is InChI=1S/C62H57FS/c1-40(56(44-22-11-6-12-23-44)36-41-34-47(37-48(63)35-41)42-18-7-4-8-19-42)45-30-33-55-57(38-45)62(2,3)58-39-46(49-24-13-14-26-52(49)60(55)58)31-32-50(43-20-9-5-10-21-43)53-27-17-28-54-51-25-15-16-29-59(51)64-61(53)54/h5-6,9-17,20-30,33-35,37-40,42,50,56H,4,7-8,18-19,31-32,36H2,1-3H3. The molecule has 2 aliphatic carbocycles. The number of rotatable bonds is 11. The van der Waals surface area contributed by atoms with Gasteiger partial charge in [0.25, 0.3) is 0 Å². The highest BCUT2D eigenvalue weighted by Gasteiger charge is 2.38. The van der Waals surface area contributed by atoms with E-state index < -0.39 is 0 Å². The van der Waals surface area contributed by atoms with Crippen LogP contribution in [0.3, 0.4) is 0 Å². The van der Waals surface area contributed by atoms with Crippen molar-refractivity contribution in [2.75, 3.05) is 0 Å². The van der Waals surface area contributed by atoms with Gasteiger partial charge in [0, 0.05) is 31.5 Å². The van der Waals surface area contributed by atoms with Crippen molar-refractivity contribution in [3.8, 4) is 11.1 Å². The van der Waals surface area contributed by atoms with Crippen LogP contribution in [-0.2, 0) is 18.3 Å². The maximum Gasteiger partial charge on any atom is 0.123 e. The van der Waals surface area contributed by atoms with Crippen LogP contribution >= 0.6 is 11.3 Å². The summed E-state index contributed by atoms with van der Waals surface area (Å²) >= 11 is 1.94. The Bertz CT molecular complexity index is 3130. The number of benzene rings is 8. The van der Waals surface area contributed by atoms with Gasteiger partial charge in [0.15, 0.2) is 0 Å². The maximum atomic E-state index is 15.4. The van der Waals surface area contributed by atoms with E-state index >= 15 is 4.39 Å². The van der Waals surface area contributed by atoms with Crippen LogP contribution in [0.4, 0.5) is 4.39 Å². The Hall–Kier alpha value is -5.83. The van der Waals surface area contributed by atoms with E-state index in [1.165, 1.54) is 119 Å². The van der Waals surface area contributed by atoms with Crippen LogP contribution in [0.5, 0.6) is 0 Å². The molecule has 0 amide bonds. The van der Waals surface area contributed by atoms with Crippen molar-refractivity contribution in [1.82, 2.24) is 0 Å². The minimum atomic E-state index is -0.180. The Morgan fingerprint density at radius 1 is 0.609 bits per heavy atom. The lowest BCUT2D eigenvalue weighted by molar-refractivity contribution is 0.441. The first-order chi connectivity index (χ1) is 31.3. The third-order valence-corrected chi connectivity index (χ3v) is 16.6. The molecule has 3 atom stereocenters. The predicted molar refractivity (Wildman–Crippen MR) is 271 cm³/mol. The highest BCUT2D eigenvalue weighted by molar-refractivity contribution is 7.26. The molecule has 64 heavy (non-hydrogen) atoms. The summed E-state index contributed by atoms with van der Waals surface area (Å²) in [6.07, 6.45) is 8.93. The molecular weight excluding hydrogens is 796 g/mol. The van der Waals surface area contributed by atoms with Gasteiger partial charge < -0.3 is 0 Å². The number of halogens is 1. The highest BCUT2D eigenvalue weighted by atomic mass is 32.1. The third kappa shape index (κ3) is 7.38. The molecule has 1 aromatic heterocycles. The lowest BCUT2D eigenvalue weighted by Gasteiger charge is -2.28. The van der Waals surface area contributed by atoms with Gasteiger partial charge in [0.1, 0.15) is 5.82 Å². The first-order valence-corrected chi connectivity index (χ1v) is 24.6. The lowest BCUT2D eigenvalue weighted by atomic mass is 9.76. The predicted octanol–water partition coefficient (Wildman–Crippen LogP) is 17.6. The molecule has 1 saturated carbocycles. The summed E-state index contributed by atoms with van der Waals surface area (Å²) in [6, 6.07) is 63.0. The molecule has 8 aromatic carbocycles. The van der Waals surface area contributed by atoms with E-state index in [0.717, 1.165) is 24.8 Å². The molecular formula is C62H57FS. The molecule has 0 radical (unpaired) electrons. The Morgan fingerprint density at radius 3 is 2.08 bits per heavy atom. The van der Waals surface area contributed by atoms with Gasteiger partial charge in [-0.05, 0) is 140 Å². The van der Waals surface area contributed by atoms with Crippen molar-refractivity contribution in [3.05, 3.63) is 226 Å². The first-order valence-electron chi connectivity index (χ1n) is 23.8. The summed E-state index contributed by atoms with van der Waals surface area (Å²) in [5.41, 5.74) is 14.6. The Labute approximate surface area is 382 Å². The Balaban J connectivity index is 0.945. The molecule has 318 valence electrons. The zero-order valence-corrected chi connectivity index (χ0v) is 38.2. The van der Waals surface area contributed by atoms with Crippen molar-refractivity contribution in [1.29, 1.82) is 0 Å². The fourth-order valence-corrected chi connectivity index (χ4v) is 13.2. The molecule has 9 aromatic rings. The van der Waals surface area contributed by atoms with Crippen LogP contribution in [0, 0.1) is 5.82 Å². The van der Waals surface area contributed by atoms with Crippen LogP contribution in [-0.4, -0.2) is 0 Å². The zero-order valence-electron chi connectivity index (χ0n) is 37.4. The molecule has 0 bridgehead atoms. The fraction of sp³-hybridized carbons (Fsp3) is 0.258. The van der Waals surface area contributed by atoms with E-state index in [9.17, 15) is 0 Å². The normalized spacial score (nSPS) is 16.2. The summed E-state index contributed by atoms with van der Waals surface area (Å²) in [4.78, 5) is 0. The van der Waals surface area contributed by atoms with Gasteiger partial charge in [-0.15, -0.1) is 11.3 Å². The van der Waals surface area contributed by atoms with E-state index in [2.05, 4.69) is 178 Å². The average molecular weight is 853 g/mol. The average Bonchev–Trinajstić information content (AvgIpc) is 3.83. The third-order valence-electron chi connectivity index (χ3n) is 15.4. The number of hydrogen-bond donors (Lipinski definition) is 0. The first kappa shape index (κ1) is 40.9. The Kier molecular flexibility index (Phi) is 10.8. The monoisotopic (exact) mass is 852 g/mol. The minimum absolute atomic E-state index is 0.0923. The van der Waals surface area contributed by atoms with Crippen LogP contribution in [0.15, 0.2) is 170 Å². The van der Waals surface area contributed by atoms with Gasteiger partial charge in [-0.25, -0.2) is 4.39 Å². The van der Waals surface area contributed by atoms with Crippen molar-refractivity contribution in [2.45, 2.75) is 101 Å². The molecule has 0 spiro atoms. The SMILES string of the molecule is CC(c1ccc2c(c1)C(C)(C)c1cc(CCC(c3ccccc3)c3cccc4c3sc3ccccc34)c3ccccc3c1-2)C(Cc1cc(F)cc(C2CCCCC2)c1)c1ccccc1. The summed E-state index contributed by atoms with van der Waals surface area (Å²) in [7, 11) is 0. The number of hydrogen-bond acceptors (Lipinski definition) is 1. The highest BCUT2D eigenvalue weighted by Crippen LogP contribution is 2.54. The van der Waals surface area contributed by atoms with Crippen molar-refractivity contribution in [2.24, 2.45) is 0 Å². The van der Waals surface area contributed by atoms with Gasteiger partial charge in [-0.3, -0.25) is 0 Å². The molecule has 2 heteroatoms. The summed E-state index contributed by atoms with van der Waals surface area (Å²) < 4.78 is 18.2. The van der Waals surface area contributed by atoms with E-state index in [1.54, 1.807) is 6.07 Å². The van der Waals surface area contributed by atoms with Gasteiger partial charge in [-0.1, -0.05) is 192 Å². The van der Waals surface area contributed by atoms with Gasteiger partial charge in [0.05, 0.1) is 0 Å². The number of aryl methyl sites for hydroxylation is 1. The van der Waals surface area contributed by atoms with E-state index in [0.29, 0.717) is 5.92 Å².